The van der Waals surface area contributed by atoms with Crippen molar-refractivity contribution in [2.75, 3.05) is 20.1 Å². The summed E-state index contributed by atoms with van der Waals surface area (Å²) in [6.45, 7) is 7.75. The summed E-state index contributed by atoms with van der Waals surface area (Å²) >= 11 is 0. The summed E-state index contributed by atoms with van der Waals surface area (Å²) in [6, 6.07) is 0. The molecule has 0 bridgehead atoms. The minimum Gasteiger partial charge on any atom is -0.480 e. The van der Waals surface area contributed by atoms with Crippen LogP contribution in [0.25, 0.3) is 0 Å². The molecule has 0 radical (unpaired) electrons. The Bertz CT molecular complexity index is 376. The summed E-state index contributed by atoms with van der Waals surface area (Å²) < 4.78 is 4.84. The molecule has 1 saturated heterocycles. The molecule has 21 heavy (non-hydrogen) atoms. The van der Waals surface area contributed by atoms with E-state index in [1.165, 1.54) is 11.9 Å². The maximum atomic E-state index is 11.3. The van der Waals surface area contributed by atoms with Crippen LogP contribution >= 0.6 is 0 Å². The Morgan fingerprint density at radius 3 is 2.38 bits per heavy atom. The van der Waals surface area contributed by atoms with Crippen molar-refractivity contribution in [1.29, 1.82) is 0 Å². The number of nitrogens with zero attached hydrogens (tertiary/aromatic N) is 1. The molecule has 0 spiro atoms. The Balaban J connectivity index is 0.000000400. The van der Waals surface area contributed by atoms with Crippen LogP contribution in [0.1, 0.15) is 40.5 Å². The van der Waals surface area contributed by atoms with Crippen molar-refractivity contribution in [3.63, 3.8) is 0 Å². The molecule has 1 fully saturated rings. The van der Waals surface area contributed by atoms with Crippen molar-refractivity contribution < 1.29 is 24.2 Å². The molecule has 2 amide bonds. The molecular weight excluding hydrogens is 276 g/mol. The molecule has 122 valence electrons. The number of carbonyl (C=O) groups excluding carboxylic acids is 2. The summed E-state index contributed by atoms with van der Waals surface area (Å²) in [7, 11) is 1.54. The maximum Gasteiger partial charge on any atom is 0.407 e. The summed E-state index contributed by atoms with van der Waals surface area (Å²) in [5.74, 6) is -0.959. The SMILES string of the molecule is CC1CCCN(CC(=O)O)C1=O.CNC(=O)OC(C)(C)C. The van der Waals surface area contributed by atoms with E-state index in [-0.39, 0.29) is 30.1 Å². The van der Waals surface area contributed by atoms with Crippen molar-refractivity contribution >= 4 is 18.0 Å². The topological polar surface area (TPSA) is 95.9 Å². The van der Waals surface area contributed by atoms with Crippen LogP contribution in [-0.4, -0.2) is 53.7 Å². The molecule has 1 heterocycles. The number of carboxylic acids is 1. The summed E-state index contributed by atoms with van der Waals surface area (Å²) in [5.41, 5.74) is -0.389. The highest BCUT2D eigenvalue weighted by Gasteiger charge is 2.26. The van der Waals surface area contributed by atoms with Crippen molar-refractivity contribution in [3.05, 3.63) is 0 Å². The highest BCUT2D eigenvalue weighted by Crippen LogP contribution is 2.16. The van der Waals surface area contributed by atoms with E-state index in [0.29, 0.717) is 6.54 Å². The van der Waals surface area contributed by atoms with Gasteiger partial charge in [0.25, 0.3) is 0 Å². The second kappa shape index (κ2) is 8.49. The van der Waals surface area contributed by atoms with Gasteiger partial charge in [-0.1, -0.05) is 6.92 Å². The lowest BCUT2D eigenvalue weighted by atomic mass is 9.99. The van der Waals surface area contributed by atoms with E-state index >= 15 is 0 Å². The standard InChI is InChI=1S/C8H13NO3.C6H13NO2/c1-6-3-2-4-9(8(6)12)5-7(10)11;1-6(2,3)9-5(8)7-4/h6H,2-5H2,1H3,(H,10,11);1-4H3,(H,7,8). The van der Waals surface area contributed by atoms with Crippen LogP contribution in [0.15, 0.2) is 0 Å². The minimum atomic E-state index is -0.933. The third-order valence-electron chi connectivity index (χ3n) is 2.73. The minimum absolute atomic E-state index is 0.00176. The predicted octanol–water partition coefficient (Wildman–Crippen LogP) is 1.47. The van der Waals surface area contributed by atoms with E-state index in [4.69, 9.17) is 9.84 Å². The number of carbonyl (C=O) groups is 3. The molecule has 2 N–H and O–H groups in total. The van der Waals surface area contributed by atoms with E-state index in [1.807, 2.05) is 27.7 Å². The van der Waals surface area contributed by atoms with Gasteiger partial charge in [-0.2, -0.15) is 0 Å². The fourth-order valence-electron chi connectivity index (χ4n) is 1.78. The van der Waals surface area contributed by atoms with Crippen molar-refractivity contribution in [1.82, 2.24) is 10.2 Å². The van der Waals surface area contributed by atoms with Crippen molar-refractivity contribution in [3.8, 4) is 0 Å². The zero-order valence-corrected chi connectivity index (χ0v) is 13.4. The third kappa shape index (κ3) is 8.88. The number of amides is 2. The summed E-state index contributed by atoms with van der Waals surface area (Å²) in [5, 5.41) is 10.8. The zero-order valence-electron chi connectivity index (χ0n) is 13.4. The smallest absolute Gasteiger partial charge is 0.407 e. The molecule has 1 unspecified atom stereocenters. The molecule has 0 saturated carbocycles. The first kappa shape index (κ1) is 19.2. The molecule has 7 nitrogen and oxygen atoms in total. The summed E-state index contributed by atoms with van der Waals surface area (Å²) in [4.78, 5) is 33.6. The van der Waals surface area contributed by atoms with Crippen LogP contribution in [0.5, 0.6) is 0 Å². The van der Waals surface area contributed by atoms with Gasteiger partial charge in [-0.3, -0.25) is 9.59 Å². The van der Waals surface area contributed by atoms with Crippen molar-refractivity contribution in [2.45, 2.75) is 46.1 Å². The molecule has 0 aromatic carbocycles. The molecule has 1 atom stereocenters. The van der Waals surface area contributed by atoms with Crippen LogP contribution < -0.4 is 5.32 Å². The number of piperidine rings is 1. The normalized spacial score (nSPS) is 18.4. The van der Waals surface area contributed by atoms with E-state index < -0.39 is 5.97 Å². The van der Waals surface area contributed by atoms with E-state index in [9.17, 15) is 14.4 Å². The first-order valence-corrected chi connectivity index (χ1v) is 6.98. The Morgan fingerprint density at radius 1 is 1.43 bits per heavy atom. The largest absolute Gasteiger partial charge is 0.480 e. The monoisotopic (exact) mass is 302 g/mol. The average Bonchev–Trinajstić information content (AvgIpc) is 2.33. The van der Waals surface area contributed by atoms with Crippen LogP contribution in [-0.2, 0) is 14.3 Å². The van der Waals surface area contributed by atoms with Gasteiger partial charge in [0, 0.05) is 19.5 Å². The first-order valence-electron chi connectivity index (χ1n) is 6.98. The van der Waals surface area contributed by atoms with Gasteiger partial charge in [-0.25, -0.2) is 4.79 Å². The lowest BCUT2D eigenvalue weighted by molar-refractivity contribution is -0.147. The van der Waals surface area contributed by atoms with E-state index in [0.717, 1.165) is 12.8 Å². The Morgan fingerprint density at radius 2 is 2.00 bits per heavy atom. The van der Waals surface area contributed by atoms with Gasteiger partial charge in [0.05, 0.1) is 0 Å². The molecule has 0 aromatic heterocycles. The number of hydrogen-bond acceptors (Lipinski definition) is 4. The number of aliphatic carboxylic acids is 1. The molecular formula is C14H26N2O5. The number of nitrogens with one attached hydrogen (secondary N) is 1. The van der Waals surface area contributed by atoms with Gasteiger partial charge in [0.2, 0.25) is 5.91 Å². The molecule has 1 rings (SSSR count). The Labute approximate surface area is 125 Å². The van der Waals surface area contributed by atoms with Crippen LogP contribution in [0.4, 0.5) is 4.79 Å². The van der Waals surface area contributed by atoms with Gasteiger partial charge in [-0.15, -0.1) is 0 Å². The molecule has 0 aromatic rings. The fraction of sp³-hybridized carbons (Fsp3) is 0.786. The average molecular weight is 302 g/mol. The second-order valence-electron chi connectivity index (χ2n) is 5.95. The lowest BCUT2D eigenvalue weighted by Crippen LogP contribution is -2.42. The fourth-order valence-corrected chi connectivity index (χ4v) is 1.78. The Hall–Kier alpha value is -1.79. The number of rotatable bonds is 2. The predicted molar refractivity (Wildman–Crippen MR) is 77.9 cm³/mol. The van der Waals surface area contributed by atoms with Gasteiger partial charge in [-0.05, 0) is 33.6 Å². The highest BCUT2D eigenvalue weighted by molar-refractivity contribution is 5.83. The quantitative estimate of drug-likeness (QED) is 0.805. The molecule has 0 aliphatic carbocycles. The maximum absolute atomic E-state index is 11.3. The van der Waals surface area contributed by atoms with Crippen LogP contribution in [0.3, 0.4) is 0 Å². The van der Waals surface area contributed by atoms with E-state index in [2.05, 4.69) is 5.32 Å². The van der Waals surface area contributed by atoms with Gasteiger partial charge >= 0.3 is 12.1 Å². The number of alkyl carbamates (subject to hydrolysis) is 1. The number of ether oxygens (including phenoxy) is 1. The number of carboxylic acid groups (broad SMARTS) is 1. The lowest BCUT2D eigenvalue weighted by Gasteiger charge is -2.28. The zero-order chi connectivity index (χ0) is 16.6. The van der Waals surface area contributed by atoms with Crippen LogP contribution in [0.2, 0.25) is 0 Å². The Kier molecular flexibility index (Phi) is 7.76. The number of likely N-dealkylation sites (tertiary alicyclic amines) is 1. The van der Waals surface area contributed by atoms with Crippen LogP contribution in [0, 0.1) is 5.92 Å². The molecule has 1 aliphatic rings. The first-order chi connectivity index (χ1) is 9.56. The molecule has 1 aliphatic heterocycles. The second-order valence-corrected chi connectivity index (χ2v) is 5.95. The third-order valence-corrected chi connectivity index (χ3v) is 2.73. The van der Waals surface area contributed by atoms with Crippen molar-refractivity contribution in [2.24, 2.45) is 5.92 Å². The molecule has 7 heteroatoms. The summed E-state index contributed by atoms with van der Waals surface area (Å²) in [6.07, 6.45) is 1.41. The van der Waals surface area contributed by atoms with Gasteiger partial charge in [0.15, 0.2) is 0 Å². The number of hydrogen-bond donors (Lipinski definition) is 2. The van der Waals surface area contributed by atoms with Gasteiger partial charge in [0.1, 0.15) is 12.1 Å². The van der Waals surface area contributed by atoms with Gasteiger partial charge < -0.3 is 20.1 Å². The van der Waals surface area contributed by atoms with E-state index in [1.54, 1.807) is 0 Å². The highest BCUT2D eigenvalue weighted by atomic mass is 16.6.